The molecule has 210 valence electrons. The molecule has 0 radical (unpaired) electrons. The van der Waals surface area contributed by atoms with Crippen molar-refractivity contribution in [1.82, 2.24) is 10.6 Å². The molecular formula is C28H43N3O6Si. The molecule has 2 N–H and O–H groups in total. The minimum Gasteiger partial charge on any atom is -0.457 e. The number of carbonyl (C=O) groups is 3. The molecule has 0 unspecified atom stereocenters. The van der Waals surface area contributed by atoms with Crippen LogP contribution in [0.5, 0.6) is 0 Å². The van der Waals surface area contributed by atoms with E-state index in [4.69, 9.17) is 13.9 Å². The monoisotopic (exact) mass is 545 g/mol. The first-order valence-corrected chi connectivity index (χ1v) is 16.1. The lowest BCUT2D eigenvalue weighted by molar-refractivity contribution is -0.150. The van der Waals surface area contributed by atoms with Crippen LogP contribution in [0, 0.1) is 0 Å². The van der Waals surface area contributed by atoms with Crippen molar-refractivity contribution in [2.45, 2.75) is 84.3 Å². The predicted molar refractivity (Wildman–Crippen MR) is 150 cm³/mol. The lowest BCUT2D eigenvalue weighted by Crippen LogP contribution is -2.45. The van der Waals surface area contributed by atoms with E-state index in [0.717, 1.165) is 11.1 Å². The van der Waals surface area contributed by atoms with Crippen molar-refractivity contribution in [2.75, 3.05) is 31.1 Å². The Morgan fingerprint density at radius 1 is 1.13 bits per heavy atom. The minimum atomic E-state index is -2.02. The van der Waals surface area contributed by atoms with Crippen LogP contribution in [-0.4, -0.2) is 70.3 Å². The Hall–Kier alpha value is -2.69. The Kier molecular flexibility index (Phi) is 8.80. The number of hydrogen-bond acceptors (Lipinski definition) is 7. The summed E-state index contributed by atoms with van der Waals surface area (Å²) in [5.74, 6) is -0.523. The van der Waals surface area contributed by atoms with Crippen LogP contribution >= 0.6 is 0 Å². The molecule has 1 aromatic rings. The van der Waals surface area contributed by atoms with E-state index in [1.54, 1.807) is 4.90 Å². The second-order valence-corrected chi connectivity index (χ2v) is 17.3. The summed E-state index contributed by atoms with van der Waals surface area (Å²) in [6.07, 6.45) is -0.861. The summed E-state index contributed by atoms with van der Waals surface area (Å²) in [5.41, 5.74) is 2.38. The summed E-state index contributed by atoms with van der Waals surface area (Å²) in [6, 6.07) is 7.22. The van der Waals surface area contributed by atoms with Gasteiger partial charge in [-0.25, -0.2) is 9.59 Å². The van der Waals surface area contributed by atoms with E-state index in [1.165, 1.54) is 6.92 Å². The summed E-state index contributed by atoms with van der Waals surface area (Å²) in [7, 11) is -2.02. The van der Waals surface area contributed by atoms with E-state index in [9.17, 15) is 14.4 Å². The van der Waals surface area contributed by atoms with Gasteiger partial charge in [-0.1, -0.05) is 32.9 Å². The number of carbonyl (C=O) groups excluding carboxylic acids is 3. The minimum absolute atomic E-state index is 0.0535. The summed E-state index contributed by atoms with van der Waals surface area (Å²) in [6.45, 7) is 19.5. The van der Waals surface area contributed by atoms with Crippen molar-refractivity contribution >= 4 is 37.5 Å². The van der Waals surface area contributed by atoms with E-state index in [1.807, 2.05) is 45.0 Å². The fourth-order valence-corrected chi connectivity index (χ4v) is 5.09. The Bertz CT molecular complexity index is 1090. The van der Waals surface area contributed by atoms with Crippen LogP contribution in [0.2, 0.25) is 18.1 Å². The third-order valence-corrected chi connectivity index (χ3v) is 11.7. The number of nitrogens with one attached hydrogen (secondary N) is 2. The van der Waals surface area contributed by atoms with Gasteiger partial charge in [0.15, 0.2) is 8.32 Å². The fraction of sp³-hybridized carbons (Fsp3) is 0.607. The Morgan fingerprint density at radius 3 is 2.32 bits per heavy atom. The maximum atomic E-state index is 13.4. The number of nitrogens with zero attached hydrogens (tertiary/aromatic N) is 1. The highest BCUT2D eigenvalue weighted by Gasteiger charge is 2.40. The SMILES string of the molecule is CC(=O)NC[C@H]1CN(c2ccc(C3=C(C(=O)OC(C)(C)C)[C@H](CO[Si](C)(C)C(C)(C)C)NC3)cc2)C(=O)O1. The zero-order valence-electron chi connectivity index (χ0n) is 24.2. The highest BCUT2D eigenvalue weighted by molar-refractivity contribution is 6.74. The van der Waals surface area contributed by atoms with Crippen molar-refractivity contribution in [3.63, 3.8) is 0 Å². The van der Waals surface area contributed by atoms with Gasteiger partial charge in [0.25, 0.3) is 0 Å². The van der Waals surface area contributed by atoms with E-state index in [2.05, 4.69) is 44.5 Å². The highest BCUT2D eigenvalue weighted by atomic mass is 28.4. The normalized spacial score (nSPS) is 20.6. The van der Waals surface area contributed by atoms with Gasteiger partial charge >= 0.3 is 12.1 Å². The van der Waals surface area contributed by atoms with Gasteiger partial charge in [0.05, 0.1) is 31.3 Å². The first-order chi connectivity index (χ1) is 17.5. The Morgan fingerprint density at radius 2 is 1.76 bits per heavy atom. The van der Waals surface area contributed by atoms with Gasteiger partial charge < -0.3 is 24.5 Å². The maximum Gasteiger partial charge on any atom is 0.414 e. The average Bonchev–Trinajstić information content (AvgIpc) is 3.38. The smallest absolute Gasteiger partial charge is 0.414 e. The number of amides is 2. The molecule has 2 heterocycles. The van der Waals surface area contributed by atoms with E-state index >= 15 is 0 Å². The Balaban J connectivity index is 1.84. The van der Waals surface area contributed by atoms with E-state index in [0.29, 0.717) is 31.0 Å². The summed E-state index contributed by atoms with van der Waals surface area (Å²) in [4.78, 5) is 38.5. The first-order valence-electron chi connectivity index (χ1n) is 13.2. The second kappa shape index (κ2) is 11.2. The molecule has 0 spiro atoms. The standard InChI is InChI=1S/C28H43N3O6Si/c1-18(32)29-14-21-16-31(26(34)36-21)20-12-10-19(11-13-20)22-15-30-23(17-35-38(8,9)28(5,6)7)24(22)25(33)37-27(2,3)4/h10-13,21,23,30H,14-17H2,1-9H3,(H,29,32)/t21-,23-/m0/s1. The van der Waals surface area contributed by atoms with Crippen LogP contribution in [0.25, 0.3) is 5.57 Å². The largest absolute Gasteiger partial charge is 0.457 e. The Labute approximate surface area is 227 Å². The molecule has 2 atom stereocenters. The zero-order chi connectivity index (χ0) is 28.5. The maximum absolute atomic E-state index is 13.4. The number of ether oxygens (including phenoxy) is 2. The lowest BCUT2D eigenvalue weighted by Gasteiger charge is -2.37. The second-order valence-electron chi connectivity index (χ2n) is 12.5. The van der Waals surface area contributed by atoms with Crippen LogP contribution in [0.1, 0.15) is 54.0 Å². The molecule has 10 heteroatoms. The van der Waals surface area contributed by atoms with Crippen LogP contribution < -0.4 is 15.5 Å². The van der Waals surface area contributed by atoms with Crippen LogP contribution in [-0.2, 0) is 23.5 Å². The van der Waals surface area contributed by atoms with Gasteiger partial charge in [0.2, 0.25) is 5.91 Å². The molecule has 0 aliphatic carbocycles. The molecule has 2 aliphatic heterocycles. The van der Waals surface area contributed by atoms with Crippen molar-refractivity contribution < 1.29 is 28.3 Å². The van der Waals surface area contributed by atoms with E-state index in [-0.39, 0.29) is 29.5 Å². The third kappa shape index (κ3) is 7.24. The molecule has 2 amide bonds. The van der Waals surface area contributed by atoms with Crippen LogP contribution in [0.15, 0.2) is 29.8 Å². The topological polar surface area (TPSA) is 106 Å². The summed E-state index contributed by atoms with van der Waals surface area (Å²) >= 11 is 0. The molecule has 0 aromatic heterocycles. The number of anilines is 1. The molecule has 0 bridgehead atoms. The van der Waals surface area contributed by atoms with Gasteiger partial charge in [-0.05, 0) is 62.2 Å². The number of cyclic esters (lactones) is 1. The molecular weight excluding hydrogens is 502 g/mol. The molecule has 1 saturated heterocycles. The van der Waals surface area contributed by atoms with Gasteiger partial charge in [-0.2, -0.15) is 0 Å². The van der Waals surface area contributed by atoms with Crippen molar-refractivity contribution in [1.29, 1.82) is 0 Å². The van der Waals surface area contributed by atoms with Gasteiger partial charge in [-0.15, -0.1) is 0 Å². The number of esters is 1. The zero-order valence-corrected chi connectivity index (χ0v) is 25.2. The number of rotatable bonds is 8. The average molecular weight is 546 g/mol. The lowest BCUT2D eigenvalue weighted by atomic mass is 9.98. The molecule has 0 saturated carbocycles. The molecule has 1 fully saturated rings. The summed E-state index contributed by atoms with van der Waals surface area (Å²) in [5, 5.41) is 6.19. The van der Waals surface area contributed by atoms with Crippen molar-refractivity contribution in [3.05, 3.63) is 35.4 Å². The van der Waals surface area contributed by atoms with Gasteiger partial charge in [0, 0.05) is 19.2 Å². The fourth-order valence-electron chi connectivity index (χ4n) is 4.08. The van der Waals surface area contributed by atoms with Crippen LogP contribution in [0.3, 0.4) is 0 Å². The molecule has 2 aliphatic rings. The number of hydrogen-bond donors (Lipinski definition) is 2. The highest BCUT2D eigenvalue weighted by Crippen LogP contribution is 2.37. The summed E-state index contributed by atoms with van der Waals surface area (Å²) < 4.78 is 17.6. The van der Waals surface area contributed by atoms with Crippen molar-refractivity contribution in [2.24, 2.45) is 0 Å². The quantitative estimate of drug-likeness (QED) is 0.372. The van der Waals surface area contributed by atoms with E-state index < -0.39 is 26.1 Å². The first kappa shape index (κ1) is 29.9. The third-order valence-electron chi connectivity index (χ3n) is 7.21. The van der Waals surface area contributed by atoms with Crippen LogP contribution in [0.4, 0.5) is 10.5 Å². The predicted octanol–water partition coefficient (Wildman–Crippen LogP) is 4.24. The molecule has 9 nitrogen and oxygen atoms in total. The number of benzene rings is 1. The van der Waals surface area contributed by atoms with Crippen molar-refractivity contribution in [3.8, 4) is 0 Å². The van der Waals surface area contributed by atoms with Gasteiger partial charge in [-0.3, -0.25) is 9.69 Å². The van der Waals surface area contributed by atoms with Gasteiger partial charge in [0.1, 0.15) is 11.7 Å². The molecule has 1 aromatic carbocycles. The molecule has 3 rings (SSSR count). The molecule has 38 heavy (non-hydrogen) atoms.